The third kappa shape index (κ3) is 1.61. The predicted octanol–water partition coefficient (Wildman–Crippen LogP) is 1.89. The summed E-state index contributed by atoms with van der Waals surface area (Å²) in [6.07, 6.45) is 2.58. The van der Waals surface area contributed by atoms with Crippen molar-refractivity contribution in [3.05, 3.63) is 22.6 Å². The van der Waals surface area contributed by atoms with E-state index in [0.717, 1.165) is 23.3 Å². The van der Waals surface area contributed by atoms with Gasteiger partial charge in [0.05, 0.1) is 5.69 Å². The second-order valence-corrected chi connectivity index (χ2v) is 2.74. The van der Waals surface area contributed by atoms with E-state index in [9.17, 15) is 4.79 Å². The molecule has 0 aliphatic heterocycles. The molecule has 0 amide bonds. The maximum Gasteiger partial charge on any atom is 0.145 e. The van der Waals surface area contributed by atoms with Gasteiger partial charge >= 0.3 is 0 Å². The summed E-state index contributed by atoms with van der Waals surface area (Å²) in [6.45, 7) is 5.42. The lowest BCUT2D eigenvalue weighted by Gasteiger charge is -1.89. The summed E-state index contributed by atoms with van der Waals surface area (Å²) in [5, 5.41) is 3.77. The van der Waals surface area contributed by atoms with Gasteiger partial charge in [0.15, 0.2) is 0 Å². The average molecular weight is 165 g/mol. The Morgan fingerprint density at radius 2 is 2.17 bits per heavy atom. The summed E-state index contributed by atoms with van der Waals surface area (Å²) in [5.41, 5.74) is 2.39. The summed E-state index contributed by atoms with van der Waals surface area (Å²) in [7, 11) is 0. The van der Waals surface area contributed by atoms with Crippen LogP contribution >= 0.6 is 0 Å². The molecule has 1 aromatic heterocycles. The van der Waals surface area contributed by atoms with Gasteiger partial charge < -0.3 is 4.52 Å². The van der Waals surface area contributed by atoms with Crippen molar-refractivity contribution < 1.29 is 9.32 Å². The molecule has 1 heterocycles. The first-order chi connectivity index (χ1) is 5.65. The zero-order chi connectivity index (χ0) is 9.14. The molecule has 0 saturated carbocycles. The van der Waals surface area contributed by atoms with Crippen LogP contribution < -0.4 is 0 Å². The Morgan fingerprint density at radius 3 is 2.58 bits per heavy atom. The highest BCUT2D eigenvalue weighted by atomic mass is 16.5. The highest BCUT2D eigenvalue weighted by Crippen LogP contribution is 2.15. The first-order valence-corrected chi connectivity index (χ1v) is 3.71. The minimum Gasteiger partial charge on any atom is -0.361 e. The quantitative estimate of drug-likeness (QED) is 0.496. The van der Waals surface area contributed by atoms with Gasteiger partial charge in [-0.2, -0.15) is 0 Å². The number of carbonyl (C=O) groups is 1. The van der Waals surface area contributed by atoms with Gasteiger partial charge in [-0.3, -0.25) is 4.79 Å². The third-order valence-corrected chi connectivity index (χ3v) is 1.65. The van der Waals surface area contributed by atoms with E-state index in [1.54, 1.807) is 13.0 Å². The Morgan fingerprint density at radius 1 is 1.50 bits per heavy atom. The molecule has 1 rings (SSSR count). The van der Waals surface area contributed by atoms with Crippen LogP contribution in [-0.4, -0.2) is 11.4 Å². The van der Waals surface area contributed by atoms with Crippen LogP contribution in [0.1, 0.15) is 23.9 Å². The van der Waals surface area contributed by atoms with Crippen molar-refractivity contribution in [2.24, 2.45) is 0 Å². The molecule has 0 spiro atoms. The molecule has 1 aromatic rings. The van der Waals surface area contributed by atoms with E-state index in [2.05, 4.69) is 5.16 Å². The van der Waals surface area contributed by atoms with Gasteiger partial charge in [0, 0.05) is 5.56 Å². The molecule has 12 heavy (non-hydrogen) atoms. The Bertz CT molecular complexity index is 304. The maximum absolute atomic E-state index is 10.3. The predicted molar refractivity (Wildman–Crippen MR) is 45.7 cm³/mol. The monoisotopic (exact) mass is 165 g/mol. The number of hydrogen-bond donors (Lipinski definition) is 0. The summed E-state index contributed by atoms with van der Waals surface area (Å²) in [4.78, 5) is 10.3. The number of carbonyl (C=O) groups excluding carboxylic acids is 1. The van der Waals surface area contributed by atoms with E-state index in [4.69, 9.17) is 4.52 Å². The minimum absolute atomic E-state index is 0.671. The van der Waals surface area contributed by atoms with Gasteiger partial charge in [0.2, 0.25) is 0 Å². The molecule has 0 aliphatic rings. The molecule has 0 N–H and O–H groups in total. The number of aldehydes is 1. The van der Waals surface area contributed by atoms with E-state index in [0.29, 0.717) is 5.57 Å². The van der Waals surface area contributed by atoms with E-state index in [1.165, 1.54) is 0 Å². The molecule has 3 heteroatoms. The van der Waals surface area contributed by atoms with Gasteiger partial charge in [-0.05, 0) is 32.4 Å². The first kappa shape index (κ1) is 8.71. The van der Waals surface area contributed by atoms with Crippen LogP contribution in [0.15, 0.2) is 10.1 Å². The molecule has 0 aromatic carbocycles. The van der Waals surface area contributed by atoms with Crippen LogP contribution in [-0.2, 0) is 4.79 Å². The zero-order valence-electron chi connectivity index (χ0n) is 7.42. The second-order valence-electron chi connectivity index (χ2n) is 2.74. The van der Waals surface area contributed by atoms with Crippen LogP contribution in [0, 0.1) is 13.8 Å². The highest BCUT2D eigenvalue weighted by Gasteiger charge is 2.05. The first-order valence-electron chi connectivity index (χ1n) is 3.71. The number of hydrogen-bond acceptors (Lipinski definition) is 3. The molecular formula is C9H11NO2. The number of allylic oxidation sites excluding steroid dienone is 1. The molecular weight excluding hydrogens is 154 g/mol. The zero-order valence-corrected chi connectivity index (χ0v) is 7.42. The largest absolute Gasteiger partial charge is 0.361 e. The van der Waals surface area contributed by atoms with Crippen molar-refractivity contribution in [1.29, 1.82) is 0 Å². The molecule has 0 atom stereocenters. The van der Waals surface area contributed by atoms with Gasteiger partial charge in [-0.15, -0.1) is 0 Å². The Hall–Kier alpha value is -1.38. The van der Waals surface area contributed by atoms with Crippen molar-refractivity contribution in [3.63, 3.8) is 0 Å². The van der Waals surface area contributed by atoms with Gasteiger partial charge in [-0.25, -0.2) is 0 Å². The lowest BCUT2D eigenvalue weighted by molar-refractivity contribution is -0.104. The van der Waals surface area contributed by atoms with Crippen LogP contribution in [0.4, 0.5) is 0 Å². The maximum atomic E-state index is 10.3. The highest BCUT2D eigenvalue weighted by molar-refractivity contribution is 5.81. The van der Waals surface area contributed by atoms with E-state index in [-0.39, 0.29) is 0 Å². The lowest BCUT2D eigenvalue weighted by atomic mass is 10.1. The van der Waals surface area contributed by atoms with Crippen LogP contribution in [0.3, 0.4) is 0 Å². The molecule has 64 valence electrons. The van der Waals surface area contributed by atoms with E-state index >= 15 is 0 Å². The standard InChI is InChI=1S/C9H11NO2/c1-6(5-11)4-9-7(2)10-12-8(9)3/h4-5H,1-3H3. The fraction of sp³-hybridized carbons (Fsp3) is 0.333. The smallest absolute Gasteiger partial charge is 0.145 e. The normalized spacial score (nSPS) is 11.8. The summed E-state index contributed by atoms with van der Waals surface area (Å²) < 4.78 is 4.93. The third-order valence-electron chi connectivity index (χ3n) is 1.65. The molecule has 0 aliphatic carbocycles. The average Bonchev–Trinajstić information content (AvgIpc) is 2.35. The fourth-order valence-electron chi connectivity index (χ4n) is 0.958. The second kappa shape index (κ2) is 3.34. The Balaban J connectivity index is 3.10. The number of nitrogens with zero attached hydrogens (tertiary/aromatic N) is 1. The van der Waals surface area contributed by atoms with Gasteiger partial charge in [0.1, 0.15) is 12.0 Å². The number of aryl methyl sites for hydroxylation is 2. The van der Waals surface area contributed by atoms with E-state index in [1.807, 2.05) is 13.8 Å². The van der Waals surface area contributed by atoms with Crippen molar-refractivity contribution in [1.82, 2.24) is 5.16 Å². The Labute approximate surface area is 71.1 Å². The fourth-order valence-corrected chi connectivity index (χ4v) is 0.958. The van der Waals surface area contributed by atoms with Crippen molar-refractivity contribution in [2.75, 3.05) is 0 Å². The van der Waals surface area contributed by atoms with Crippen molar-refractivity contribution in [3.8, 4) is 0 Å². The van der Waals surface area contributed by atoms with Crippen molar-refractivity contribution >= 4 is 12.4 Å². The van der Waals surface area contributed by atoms with E-state index < -0.39 is 0 Å². The van der Waals surface area contributed by atoms with Gasteiger partial charge in [0.25, 0.3) is 0 Å². The number of rotatable bonds is 2. The summed E-state index contributed by atoms with van der Waals surface area (Å²) >= 11 is 0. The van der Waals surface area contributed by atoms with Crippen LogP contribution in [0.5, 0.6) is 0 Å². The molecule has 0 fully saturated rings. The van der Waals surface area contributed by atoms with Gasteiger partial charge in [-0.1, -0.05) is 5.16 Å². The molecule has 0 radical (unpaired) electrons. The summed E-state index contributed by atoms with van der Waals surface area (Å²) in [6, 6.07) is 0. The van der Waals surface area contributed by atoms with Crippen molar-refractivity contribution in [2.45, 2.75) is 20.8 Å². The van der Waals surface area contributed by atoms with Crippen LogP contribution in [0.25, 0.3) is 6.08 Å². The topological polar surface area (TPSA) is 43.1 Å². The molecule has 3 nitrogen and oxygen atoms in total. The molecule has 0 saturated heterocycles. The molecule has 0 bridgehead atoms. The number of aromatic nitrogens is 1. The minimum atomic E-state index is 0.671. The lowest BCUT2D eigenvalue weighted by Crippen LogP contribution is -1.81. The summed E-state index contributed by atoms with van der Waals surface area (Å²) in [5.74, 6) is 0.744. The SMILES string of the molecule is CC(C=O)=Cc1c(C)noc1C. The van der Waals surface area contributed by atoms with Crippen LogP contribution in [0.2, 0.25) is 0 Å². The molecule has 0 unspecified atom stereocenters. The Kier molecular flexibility index (Phi) is 2.43.